The highest BCUT2D eigenvalue weighted by Gasteiger charge is 2.12. The molecule has 1 aromatic heterocycles. The minimum atomic E-state index is -2.84. The number of ether oxygens (including phenoxy) is 1. The predicted molar refractivity (Wildman–Crippen MR) is 51.0 cm³/mol. The second-order valence-corrected chi connectivity index (χ2v) is 3.89. The van der Waals surface area contributed by atoms with Crippen LogP contribution in [0.4, 0.5) is 8.78 Å². The van der Waals surface area contributed by atoms with Crippen LogP contribution in [0.2, 0.25) is 0 Å². The van der Waals surface area contributed by atoms with Crippen LogP contribution in [-0.2, 0) is 0 Å². The van der Waals surface area contributed by atoms with Crippen molar-refractivity contribution in [3.05, 3.63) is 20.8 Å². The maximum atomic E-state index is 11.9. The van der Waals surface area contributed by atoms with Gasteiger partial charge in [0.2, 0.25) is 0 Å². The van der Waals surface area contributed by atoms with Crippen LogP contribution in [0, 0.1) is 6.92 Å². The fourth-order valence-corrected chi connectivity index (χ4v) is 2.22. The van der Waals surface area contributed by atoms with Crippen molar-refractivity contribution < 1.29 is 13.5 Å². The Hall–Kier alpha value is -0.230. The fourth-order valence-electron chi connectivity index (χ4n) is 0.817. The number of rotatable bonds is 2. The second-order valence-electron chi connectivity index (χ2n) is 2.22. The molecule has 1 rings (SSSR count). The lowest BCUT2D eigenvalue weighted by atomic mass is 10.3. The zero-order valence-electron chi connectivity index (χ0n) is 6.52. The van der Waals surface area contributed by atoms with Gasteiger partial charge in [-0.2, -0.15) is 8.78 Å². The maximum absolute atomic E-state index is 11.9. The molecule has 72 valence electrons. The van der Waals surface area contributed by atoms with Crippen molar-refractivity contribution in [3.63, 3.8) is 0 Å². The number of halogens is 4. The lowest BCUT2D eigenvalue weighted by molar-refractivity contribution is -0.0511. The molecule has 0 amide bonds. The van der Waals surface area contributed by atoms with E-state index in [9.17, 15) is 8.78 Å². The molecule has 0 atom stereocenters. The first-order valence-electron chi connectivity index (χ1n) is 3.28. The smallest absolute Gasteiger partial charge is 0.387 e. The summed E-state index contributed by atoms with van der Waals surface area (Å²) in [5.74, 6) is 0.0678. The van der Waals surface area contributed by atoms with Crippen molar-refractivity contribution in [1.29, 1.82) is 0 Å². The molecule has 0 saturated carbocycles. The van der Waals surface area contributed by atoms with Crippen LogP contribution >= 0.6 is 31.9 Å². The van der Waals surface area contributed by atoms with E-state index in [1.807, 2.05) is 0 Å². The Morgan fingerprint density at radius 3 is 2.54 bits per heavy atom. The van der Waals surface area contributed by atoms with Gasteiger partial charge in [0.15, 0.2) is 5.75 Å². The van der Waals surface area contributed by atoms with Crippen LogP contribution in [0.1, 0.15) is 5.69 Å². The first-order chi connectivity index (χ1) is 6.00. The van der Waals surface area contributed by atoms with Gasteiger partial charge in [0.1, 0.15) is 4.60 Å². The summed E-state index contributed by atoms with van der Waals surface area (Å²) in [6, 6.07) is 1.55. The standard InChI is InChI=1S/C7H5Br2F2NO/c1-3-6(13-7(10)11)4(8)2-5(9)12-3/h2,7H,1H3. The summed E-state index contributed by atoms with van der Waals surface area (Å²) in [6.45, 7) is -1.24. The van der Waals surface area contributed by atoms with Gasteiger partial charge in [-0.3, -0.25) is 0 Å². The summed E-state index contributed by atoms with van der Waals surface area (Å²) in [7, 11) is 0. The van der Waals surface area contributed by atoms with E-state index in [0.717, 1.165) is 0 Å². The highest BCUT2D eigenvalue weighted by atomic mass is 79.9. The molecule has 0 saturated heterocycles. The Kier molecular flexibility index (Phi) is 3.61. The number of aryl methyl sites for hydroxylation is 1. The monoisotopic (exact) mass is 315 g/mol. The highest BCUT2D eigenvalue weighted by molar-refractivity contribution is 9.11. The van der Waals surface area contributed by atoms with E-state index in [1.54, 1.807) is 13.0 Å². The molecule has 0 aromatic carbocycles. The topological polar surface area (TPSA) is 22.1 Å². The number of hydrogen-bond donors (Lipinski definition) is 0. The molecule has 0 aliphatic heterocycles. The van der Waals surface area contributed by atoms with Gasteiger partial charge < -0.3 is 4.74 Å². The Morgan fingerprint density at radius 1 is 1.46 bits per heavy atom. The molecule has 0 aliphatic rings. The van der Waals surface area contributed by atoms with Gasteiger partial charge >= 0.3 is 6.61 Å². The summed E-state index contributed by atoms with van der Waals surface area (Å²) in [5.41, 5.74) is 0.404. The van der Waals surface area contributed by atoms with Gasteiger partial charge in [-0.1, -0.05) is 0 Å². The Labute approximate surface area is 90.6 Å². The molecule has 0 bridgehead atoms. The Bertz CT molecular complexity index is 296. The zero-order chi connectivity index (χ0) is 10.0. The van der Waals surface area contributed by atoms with Crippen molar-refractivity contribution in [2.45, 2.75) is 13.5 Å². The van der Waals surface area contributed by atoms with E-state index in [1.165, 1.54) is 0 Å². The largest absolute Gasteiger partial charge is 0.432 e. The quantitative estimate of drug-likeness (QED) is 0.779. The summed E-state index contributed by atoms with van der Waals surface area (Å²) in [5, 5.41) is 0. The Morgan fingerprint density at radius 2 is 2.08 bits per heavy atom. The summed E-state index contributed by atoms with van der Waals surface area (Å²) in [6.07, 6.45) is 0. The first kappa shape index (κ1) is 10.8. The molecule has 0 unspecified atom stereocenters. The summed E-state index contributed by atoms with van der Waals surface area (Å²) < 4.78 is 29.1. The summed E-state index contributed by atoms with van der Waals surface area (Å²) in [4.78, 5) is 3.92. The van der Waals surface area contributed by atoms with E-state index in [-0.39, 0.29) is 5.75 Å². The SMILES string of the molecule is Cc1nc(Br)cc(Br)c1OC(F)F. The molecule has 2 nitrogen and oxygen atoms in total. The van der Waals surface area contributed by atoms with E-state index >= 15 is 0 Å². The number of alkyl halides is 2. The van der Waals surface area contributed by atoms with Crippen LogP contribution in [-0.4, -0.2) is 11.6 Å². The number of hydrogen-bond acceptors (Lipinski definition) is 2. The van der Waals surface area contributed by atoms with Crippen LogP contribution < -0.4 is 4.74 Å². The molecule has 0 fully saturated rings. The lowest BCUT2D eigenvalue weighted by Gasteiger charge is -2.09. The number of nitrogens with zero attached hydrogens (tertiary/aromatic N) is 1. The van der Waals surface area contributed by atoms with Crippen LogP contribution in [0.3, 0.4) is 0 Å². The van der Waals surface area contributed by atoms with Crippen LogP contribution in [0.25, 0.3) is 0 Å². The lowest BCUT2D eigenvalue weighted by Crippen LogP contribution is -2.05. The van der Waals surface area contributed by atoms with Crippen LogP contribution in [0.5, 0.6) is 5.75 Å². The molecule has 0 spiro atoms. The molecule has 13 heavy (non-hydrogen) atoms. The van der Waals surface area contributed by atoms with E-state index in [4.69, 9.17) is 0 Å². The van der Waals surface area contributed by atoms with Gasteiger partial charge in [-0.25, -0.2) is 4.98 Å². The van der Waals surface area contributed by atoms with Gasteiger partial charge in [0, 0.05) is 0 Å². The van der Waals surface area contributed by atoms with Gasteiger partial charge in [0.25, 0.3) is 0 Å². The normalized spacial score (nSPS) is 10.6. The molecule has 0 aliphatic carbocycles. The average molecular weight is 317 g/mol. The van der Waals surface area contributed by atoms with Gasteiger partial charge in [0.05, 0.1) is 10.2 Å². The highest BCUT2D eigenvalue weighted by Crippen LogP contribution is 2.31. The Balaban J connectivity index is 3.06. The van der Waals surface area contributed by atoms with Gasteiger partial charge in [-0.05, 0) is 44.8 Å². The molecular formula is C7H5Br2F2NO. The summed E-state index contributed by atoms with van der Waals surface area (Å²) >= 11 is 6.23. The molecule has 0 radical (unpaired) electrons. The predicted octanol–water partition coefficient (Wildman–Crippen LogP) is 3.52. The third-order valence-electron chi connectivity index (χ3n) is 1.27. The third kappa shape index (κ3) is 2.87. The third-order valence-corrected chi connectivity index (χ3v) is 2.27. The van der Waals surface area contributed by atoms with Gasteiger partial charge in [-0.15, -0.1) is 0 Å². The molecule has 6 heteroatoms. The number of aromatic nitrogens is 1. The van der Waals surface area contributed by atoms with Crippen molar-refractivity contribution in [1.82, 2.24) is 4.98 Å². The first-order valence-corrected chi connectivity index (χ1v) is 4.86. The second kappa shape index (κ2) is 4.32. The maximum Gasteiger partial charge on any atom is 0.387 e. The minimum absolute atomic E-state index is 0.0678. The average Bonchev–Trinajstić information content (AvgIpc) is 1.96. The van der Waals surface area contributed by atoms with E-state index < -0.39 is 6.61 Å². The molecule has 0 N–H and O–H groups in total. The molecular weight excluding hydrogens is 312 g/mol. The minimum Gasteiger partial charge on any atom is -0.432 e. The van der Waals surface area contributed by atoms with Crippen LogP contribution in [0.15, 0.2) is 15.1 Å². The zero-order valence-corrected chi connectivity index (χ0v) is 9.69. The van der Waals surface area contributed by atoms with E-state index in [0.29, 0.717) is 14.8 Å². The van der Waals surface area contributed by atoms with Crippen molar-refractivity contribution in [3.8, 4) is 5.75 Å². The molecule has 1 aromatic rings. The fraction of sp³-hybridized carbons (Fsp3) is 0.286. The van der Waals surface area contributed by atoms with Crippen molar-refractivity contribution in [2.24, 2.45) is 0 Å². The van der Waals surface area contributed by atoms with Crippen molar-refractivity contribution in [2.75, 3.05) is 0 Å². The van der Waals surface area contributed by atoms with Crippen molar-refractivity contribution >= 4 is 31.9 Å². The van der Waals surface area contributed by atoms with E-state index in [2.05, 4.69) is 41.6 Å². The number of pyridine rings is 1. The molecule has 1 heterocycles.